The van der Waals surface area contributed by atoms with Crippen LogP contribution in [-0.4, -0.2) is 40.3 Å². The van der Waals surface area contributed by atoms with Crippen molar-refractivity contribution in [3.05, 3.63) is 58.6 Å². The van der Waals surface area contributed by atoms with Crippen molar-refractivity contribution in [2.45, 2.75) is 25.4 Å². The lowest BCUT2D eigenvalue weighted by Gasteiger charge is -2.22. The van der Waals surface area contributed by atoms with Gasteiger partial charge in [0.05, 0.1) is 5.52 Å². The maximum absolute atomic E-state index is 13.1. The molecule has 0 spiro atoms. The van der Waals surface area contributed by atoms with E-state index >= 15 is 0 Å². The molecule has 9 nitrogen and oxygen atoms in total. The number of benzene rings is 2. The number of ether oxygens (including phenoxy) is 2. The van der Waals surface area contributed by atoms with E-state index in [-0.39, 0.29) is 25.8 Å². The normalized spacial score (nSPS) is 20.2. The van der Waals surface area contributed by atoms with Crippen molar-refractivity contribution in [1.29, 1.82) is 0 Å². The maximum Gasteiger partial charge on any atom is 0.420 e. The van der Waals surface area contributed by atoms with Gasteiger partial charge in [0.1, 0.15) is 5.54 Å². The van der Waals surface area contributed by atoms with Crippen LogP contribution in [-0.2, 0) is 17.8 Å². The summed E-state index contributed by atoms with van der Waals surface area (Å²) in [5.41, 5.74) is 0.841. The Balaban J connectivity index is 1.33. The zero-order valence-corrected chi connectivity index (χ0v) is 16.2. The van der Waals surface area contributed by atoms with Crippen molar-refractivity contribution in [2.24, 2.45) is 0 Å². The number of aromatic nitrogens is 1. The smallest absolute Gasteiger partial charge is 0.420 e. The summed E-state index contributed by atoms with van der Waals surface area (Å²) >= 11 is 0. The number of amides is 3. The summed E-state index contributed by atoms with van der Waals surface area (Å²) < 4.78 is 17.3. The van der Waals surface area contributed by atoms with Gasteiger partial charge in [-0.05, 0) is 36.8 Å². The van der Waals surface area contributed by atoms with Crippen molar-refractivity contribution >= 4 is 23.0 Å². The van der Waals surface area contributed by atoms with Gasteiger partial charge in [0, 0.05) is 19.5 Å². The summed E-state index contributed by atoms with van der Waals surface area (Å²) in [5, 5.41) is 2.78. The first-order chi connectivity index (χ1) is 14.4. The predicted molar refractivity (Wildman–Crippen MR) is 105 cm³/mol. The summed E-state index contributed by atoms with van der Waals surface area (Å²) in [7, 11) is 0. The average molecular weight is 409 g/mol. The quantitative estimate of drug-likeness (QED) is 0.646. The molecule has 0 radical (unpaired) electrons. The molecule has 1 fully saturated rings. The third kappa shape index (κ3) is 2.90. The van der Waals surface area contributed by atoms with Gasteiger partial charge >= 0.3 is 11.8 Å². The van der Waals surface area contributed by atoms with E-state index in [0.717, 1.165) is 10.5 Å². The summed E-state index contributed by atoms with van der Waals surface area (Å²) in [6.07, 6.45) is 0.305. The van der Waals surface area contributed by atoms with Crippen LogP contribution in [0.3, 0.4) is 0 Å². The van der Waals surface area contributed by atoms with Crippen LogP contribution in [0.2, 0.25) is 0 Å². The zero-order chi connectivity index (χ0) is 20.9. The molecule has 0 unspecified atom stereocenters. The molecule has 9 heteroatoms. The van der Waals surface area contributed by atoms with Crippen LogP contribution in [0.1, 0.15) is 12.5 Å². The largest absolute Gasteiger partial charge is 0.454 e. The Bertz CT molecular complexity index is 1230. The van der Waals surface area contributed by atoms with Crippen LogP contribution in [0.15, 0.2) is 51.7 Å². The molecule has 154 valence electrons. The lowest BCUT2D eigenvalue weighted by Crippen LogP contribution is -2.46. The van der Waals surface area contributed by atoms with Crippen molar-refractivity contribution in [3.8, 4) is 11.5 Å². The van der Waals surface area contributed by atoms with E-state index in [1.165, 1.54) is 4.57 Å². The Morgan fingerprint density at radius 1 is 1.03 bits per heavy atom. The van der Waals surface area contributed by atoms with E-state index in [1.54, 1.807) is 37.3 Å². The molecule has 3 amide bonds. The number of fused-ring (bicyclic) bond motifs is 2. The Labute approximate surface area is 170 Å². The summed E-state index contributed by atoms with van der Waals surface area (Å²) in [5.74, 6) is 0.415. The summed E-state index contributed by atoms with van der Waals surface area (Å²) in [6, 6.07) is 12.0. The Morgan fingerprint density at radius 2 is 1.83 bits per heavy atom. The molecule has 3 heterocycles. The van der Waals surface area contributed by atoms with Crippen molar-refractivity contribution in [2.75, 3.05) is 13.3 Å². The third-order valence-electron chi connectivity index (χ3n) is 5.46. The zero-order valence-electron chi connectivity index (χ0n) is 16.2. The minimum absolute atomic E-state index is 0.0603. The molecule has 1 N–H and O–H groups in total. The van der Waals surface area contributed by atoms with Crippen molar-refractivity contribution < 1.29 is 23.5 Å². The highest BCUT2D eigenvalue weighted by atomic mass is 16.7. The Kier molecular flexibility index (Phi) is 4.05. The number of nitrogens with zero attached hydrogens (tertiary/aromatic N) is 2. The molecule has 1 atom stereocenters. The minimum atomic E-state index is -1.09. The number of oxazole rings is 1. The third-order valence-corrected chi connectivity index (χ3v) is 5.46. The van der Waals surface area contributed by atoms with E-state index < -0.39 is 17.3 Å². The molecule has 1 saturated heterocycles. The summed E-state index contributed by atoms with van der Waals surface area (Å²) in [6.45, 7) is 2.07. The number of carbonyl (C=O) groups is 2. The second kappa shape index (κ2) is 6.65. The number of hydrogen-bond acceptors (Lipinski definition) is 6. The van der Waals surface area contributed by atoms with Gasteiger partial charge in [-0.2, -0.15) is 0 Å². The Morgan fingerprint density at radius 3 is 2.70 bits per heavy atom. The molecule has 2 aromatic carbocycles. The molecule has 3 aromatic rings. The van der Waals surface area contributed by atoms with Gasteiger partial charge in [-0.15, -0.1) is 0 Å². The topological polar surface area (TPSA) is 103 Å². The van der Waals surface area contributed by atoms with Gasteiger partial charge in [0.15, 0.2) is 17.1 Å². The number of nitrogens with one attached hydrogen (secondary N) is 1. The van der Waals surface area contributed by atoms with Crippen LogP contribution >= 0.6 is 0 Å². The number of urea groups is 1. The van der Waals surface area contributed by atoms with Gasteiger partial charge in [0.25, 0.3) is 5.91 Å². The van der Waals surface area contributed by atoms with Gasteiger partial charge < -0.3 is 19.2 Å². The Hall–Kier alpha value is -3.75. The monoisotopic (exact) mass is 409 g/mol. The fourth-order valence-electron chi connectivity index (χ4n) is 3.95. The molecule has 0 saturated carbocycles. The fraction of sp³-hybridized carbons (Fsp3) is 0.286. The predicted octanol–water partition coefficient (Wildman–Crippen LogP) is 1.88. The van der Waals surface area contributed by atoms with Crippen LogP contribution in [0.4, 0.5) is 4.79 Å². The van der Waals surface area contributed by atoms with Gasteiger partial charge in [0.2, 0.25) is 6.79 Å². The molecular weight excluding hydrogens is 390 g/mol. The molecular formula is C21H19N3O6. The first-order valence-corrected chi connectivity index (χ1v) is 9.56. The number of carbonyl (C=O) groups excluding carboxylic acids is 2. The lowest BCUT2D eigenvalue weighted by molar-refractivity contribution is -0.130. The highest BCUT2D eigenvalue weighted by molar-refractivity contribution is 6.07. The van der Waals surface area contributed by atoms with Crippen LogP contribution < -0.4 is 20.5 Å². The molecule has 0 aliphatic carbocycles. The maximum atomic E-state index is 13.1. The van der Waals surface area contributed by atoms with E-state index in [9.17, 15) is 14.4 Å². The first kappa shape index (κ1) is 18.3. The number of hydrogen-bond donors (Lipinski definition) is 1. The van der Waals surface area contributed by atoms with Crippen LogP contribution in [0.25, 0.3) is 11.1 Å². The lowest BCUT2D eigenvalue weighted by atomic mass is 9.92. The summed E-state index contributed by atoms with van der Waals surface area (Å²) in [4.78, 5) is 38.9. The first-order valence-electron chi connectivity index (χ1n) is 9.56. The molecule has 0 bridgehead atoms. The van der Waals surface area contributed by atoms with Gasteiger partial charge in [-0.25, -0.2) is 9.59 Å². The minimum Gasteiger partial charge on any atom is -0.454 e. The molecule has 30 heavy (non-hydrogen) atoms. The highest BCUT2D eigenvalue weighted by Crippen LogP contribution is 2.34. The standard InChI is InChI=1S/C21H19N3O6/c1-21(11-13-6-7-16-17(10-13)29-12-28-16)18(25)24(19(26)22-21)9-8-23-14-4-2-3-5-15(14)30-20(23)27/h2-7,10H,8-9,11-12H2,1H3,(H,22,26)/t21-/m0/s1. The van der Waals surface area contributed by atoms with Gasteiger partial charge in [-0.1, -0.05) is 18.2 Å². The van der Waals surface area contributed by atoms with Gasteiger partial charge in [-0.3, -0.25) is 14.3 Å². The van der Waals surface area contributed by atoms with Crippen molar-refractivity contribution in [3.63, 3.8) is 0 Å². The second-order valence-electron chi connectivity index (χ2n) is 7.57. The number of para-hydroxylation sites is 2. The van der Waals surface area contributed by atoms with E-state index in [2.05, 4.69) is 5.32 Å². The highest BCUT2D eigenvalue weighted by Gasteiger charge is 2.47. The fourth-order valence-corrected chi connectivity index (χ4v) is 3.95. The van der Waals surface area contributed by atoms with Crippen LogP contribution in [0.5, 0.6) is 11.5 Å². The second-order valence-corrected chi connectivity index (χ2v) is 7.57. The van der Waals surface area contributed by atoms with E-state index in [4.69, 9.17) is 13.9 Å². The molecule has 2 aliphatic rings. The molecule has 2 aliphatic heterocycles. The molecule has 5 rings (SSSR count). The van der Waals surface area contributed by atoms with Crippen molar-refractivity contribution in [1.82, 2.24) is 14.8 Å². The SMILES string of the molecule is C[C@@]1(Cc2ccc3c(c2)OCO3)NC(=O)N(CCn2c(=O)oc3ccccc32)C1=O. The van der Waals surface area contributed by atoms with E-state index in [1.807, 2.05) is 12.1 Å². The number of rotatable bonds is 5. The number of imide groups is 1. The van der Waals surface area contributed by atoms with E-state index in [0.29, 0.717) is 29.0 Å². The van der Waals surface area contributed by atoms with Crippen LogP contribution in [0, 0.1) is 0 Å². The average Bonchev–Trinajstić information content (AvgIpc) is 3.36. The molecule has 1 aromatic heterocycles.